The molecule has 3 rings (SSSR count). The van der Waals surface area contributed by atoms with E-state index in [1.807, 2.05) is 0 Å². The standard InChI is InChI=1S/C17H18O4/c18-16(19)11-5-7-15(8-6-11)21-17(20)14-9-12-3-1-2-4-13(12)10-14/h3,5-8,13-14H,1-2,4,9-10H2,(H,18,19). The van der Waals surface area contributed by atoms with Crippen LogP contribution in [0.15, 0.2) is 35.9 Å². The molecule has 4 heteroatoms. The maximum atomic E-state index is 12.2. The van der Waals surface area contributed by atoms with Crippen molar-refractivity contribution >= 4 is 11.9 Å². The second kappa shape index (κ2) is 5.72. The fraction of sp³-hybridized carbons (Fsp3) is 0.412. The molecular formula is C17H18O4. The smallest absolute Gasteiger partial charge is 0.335 e. The minimum atomic E-state index is -0.986. The van der Waals surface area contributed by atoms with Gasteiger partial charge in [0.1, 0.15) is 5.75 Å². The molecule has 0 amide bonds. The van der Waals surface area contributed by atoms with Crippen LogP contribution in [0.5, 0.6) is 5.75 Å². The van der Waals surface area contributed by atoms with Gasteiger partial charge in [0.2, 0.25) is 0 Å². The van der Waals surface area contributed by atoms with Crippen LogP contribution in [-0.2, 0) is 4.79 Å². The molecule has 0 aromatic heterocycles. The van der Waals surface area contributed by atoms with Gasteiger partial charge in [-0.1, -0.05) is 11.6 Å². The van der Waals surface area contributed by atoms with Crippen LogP contribution in [0.3, 0.4) is 0 Å². The van der Waals surface area contributed by atoms with Crippen molar-refractivity contribution in [3.8, 4) is 5.75 Å². The topological polar surface area (TPSA) is 63.6 Å². The van der Waals surface area contributed by atoms with E-state index >= 15 is 0 Å². The molecule has 1 aromatic rings. The minimum absolute atomic E-state index is 0.0569. The van der Waals surface area contributed by atoms with Gasteiger partial charge in [-0.05, 0) is 62.3 Å². The first-order valence-corrected chi connectivity index (χ1v) is 7.37. The monoisotopic (exact) mass is 286 g/mol. The van der Waals surface area contributed by atoms with Crippen LogP contribution in [0.2, 0.25) is 0 Å². The third-order valence-electron chi connectivity index (χ3n) is 4.39. The second-order valence-corrected chi connectivity index (χ2v) is 5.79. The van der Waals surface area contributed by atoms with Crippen LogP contribution in [0.1, 0.15) is 42.5 Å². The summed E-state index contributed by atoms with van der Waals surface area (Å²) in [4.78, 5) is 23.0. The number of ether oxygens (including phenoxy) is 1. The summed E-state index contributed by atoms with van der Waals surface area (Å²) in [5.41, 5.74) is 1.61. The zero-order valence-electron chi connectivity index (χ0n) is 11.7. The summed E-state index contributed by atoms with van der Waals surface area (Å²) in [7, 11) is 0. The number of allylic oxidation sites excluding steroid dienone is 2. The van der Waals surface area contributed by atoms with E-state index in [-0.39, 0.29) is 17.5 Å². The molecule has 2 aliphatic carbocycles. The summed E-state index contributed by atoms with van der Waals surface area (Å²) in [6, 6.07) is 5.95. The number of aromatic carboxylic acids is 1. The molecule has 0 spiro atoms. The van der Waals surface area contributed by atoms with Gasteiger partial charge in [-0.25, -0.2) is 4.79 Å². The largest absolute Gasteiger partial charge is 0.478 e. The van der Waals surface area contributed by atoms with Crippen molar-refractivity contribution in [3.63, 3.8) is 0 Å². The SMILES string of the molecule is O=C(O)c1ccc(OC(=O)C2CC3=CCCCC3C2)cc1. The Morgan fingerprint density at radius 1 is 1.19 bits per heavy atom. The summed E-state index contributed by atoms with van der Waals surface area (Å²) < 4.78 is 5.38. The van der Waals surface area contributed by atoms with Gasteiger partial charge in [0.25, 0.3) is 0 Å². The number of carbonyl (C=O) groups excluding carboxylic acids is 1. The van der Waals surface area contributed by atoms with E-state index in [0.717, 1.165) is 19.3 Å². The van der Waals surface area contributed by atoms with Crippen molar-refractivity contribution in [3.05, 3.63) is 41.5 Å². The van der Waals surface area contributed by atoms with Gasteiger partial charge in [0, 0.05) is 0 Å². The lowest BCUT2D eigenvalue weighted by Gasteiger charge is -2.15. The molecule has 0 saturated heterocycles. The van der Waals surface area contributed by atoms with Gasteiger partial charge >= 0.3 is 11.9 Å². The average Bonchev–Trinajstić information content (AvgIpc) is 2.92. The third-order valence-corrected chi connectivity index (χ3v) is 4.39. The summed E-state index contributed by atoms with van der Waals surface area (Å²) in [6.07, 6.45) is 7.51. The number of fused-ring (bicyclic) bond motifs is 1. The molecular weight excluding hydrogens is 268 g/mol. The lowest BCUT2D eigenvalue weighted by atomic mass is 9.90. The van der Waals surface area contributed by atoms with Crippen molar-refractivity contribution in [2.45, 2.75) is 32.1 Å². The molecule has 0 radical (unpaired) electrons. The van der Waals surface area contributed by atoms with E-state index < -0.39 is 5.97 Å². The number of rotatable bonds is 3. The summed E-state index contributed by atoms with van der Waals surface area (Å²) >= 11 is 0. The number of hydrogen-bond acceptors (Lipinski definition) is 3. The Labute approximate surface area is 123 Å². The predicted molar refractivity (Wildman–Crippen MR) is 77.2 cm³/mol. The van der Waals surface area contributed by atoms with Crippen LogP contribution in [0.25, 0.3) is 0 Å². The molecule has 1 saturated carbocycles. The van der Waals surface area contributed by atoms with Crippen molar-refractivity contribution < 1.29 is 19.4 Å². The Morgan fingerprint density at radius 3 is 2.62 bits per heavy atom. The highest BCUT2D eigenvalue weighted by Gasteiger charge is 2.35. The lowest BCUT2D eigenvalue weighted by molar-refractivity contribution is -0.138. The van der Waals surface area contributed by atoms with Crippen LogP contribution in [0, 0.1) is 11.8 Å². The Morgan fingerprint density at radius 2 is 1.95 bits per heavy atom. The molecule has 21 heavy (non-hydrogen) atoms. The van der Waals surface area contributed by atoms with Gasteiger partial charge in [0.15, 0.2) is 0 Å². The van der Waals surface area contributed by atoms with Gasteiger partial charge in [0.05, 0.1) is 11.5 Å². The molecule has 0 heterocycles. The highest BCUT2D eigenvalue weighted by atomic mass is 16.5. The first-order valence-electron chi connectivity index (χ1n) is 7.37. The number of carbonyl (C=O) groups is 2. The highest BCUT2D eigenvalue weighted by molar-refractivity contribution is 5.87. The molecule has 1 aromatic carbocycles. The first-order chi connectivity index (χ1) is 10.1. The summed E-state index contributed by atoms with van der Waals surface area (Å²) in [6.45, 7) is 0. The number of carboxylic acid groups (broad SMARTS) is 1. The maximum absolute atomic E-state index is 12.2. The zero-order chi connectivity index (χ0) is 14.8. The molecule has 0 bridgehead atoms. The summed E-state index contributed by atoms with van der Waals surface area (Å²) in [5.74, 6) is -0.272. The highest BCUT2D eigenvalue weighted by Crippen LogP contribution is 2.42. The van der Waals surface area contributed by atoms with E-state index in [1.165, 1.54) is 42.7 Å². The number of esters is 1. The number of hydrogen-bond donors (Lipinski definition) is 1. The van der Waals surface area contributed by atoms with Crippen LogP contribution >= 0.6 is 0 Å². The van der Waals surface area contributed by atoms with Crippen molar-refractivity contribution in [2.75, 3.05) is 0 Å². The quantitative estimate of drug-likeness (QED) is 0.525. The molecule has 4 nitrogen and oxygen atoms in total. The normalized spacial score (nSPS) is 24.1. The third kappa shape index (κ3) is 2.99. The van der Waals surface area contributed by atoms with Crippen LogP contribution < -0.4 is 4.74 Å². The lowest BCUT2D eigenvalue weighted by Crippen LogP contribution is -2.18. The Balaban J connectivity index is 1.63. The second-order valence-electron chi connectivity index (χ2n) is 5.79. The molecule has 1 fully saturated rings. The van der Waals surface area contributed by atoms with E-state index in [1.54, 1.807) is 0 Å². The minimum Gasteiger partial charge on any atom is -0.478 e. The molecule has 2 atom stereocenters. The van der Waals surface area contributed by atoms with E-state index in [0.29, 0.717) is 11.7 Å². The fourth-order valence-corrected chi connectivity index (χ4v) is 3.28. The van der Waals surface area contributed by atoms with Crippen LogP contribution in [0.4, 0.5) is 0 Å². The van der Waals surface area contributed by atoms with Crippen molar-refractivity contribution in [1.29, 1.82) is 0 Å². The zero-order valence-corrected chi connectivity index (χ0v) is 11.7. The molecule has 110 valence electrons. The Hall–Kier alpha value is -2.10. The number of carboxylic acids is 1. The first kappa shape index (κ1) is 13.9. The molecule has 1 N–H and O–H groups in total. The van der Waals surface area contributed by atoms with E-state index in [4.69, 9.17) is 9.84 Å². The van der Waals surface area contributed by atoms with E-state index in [2.05, 4.69) is 6.08 Å². The van der Waals surface area contributed by atoms with E-state index in [9.17, 15) is 9.59 Å². The van der Waals surface area contributed by atoms with Crippen molar-refractivity contribution in [2.24, 2.45) is 11.8 Å². The Bertz CT molecular complexity index is 585. The maximum Gasteiger partial charge on any atom is 0.335 e. The van der Waals surface area contributed by atoms with Gasteiger partial charge in [-0.2, -0.15) is 0 Å². The van der Waals surface area contributed by atoms with Gasteiger partial charge in [-0.15, -0.1) is 0 Å². The van der Waals surface area contributed by atoms with Gasteiger partial charge in [-0.3, -0.25) is 4.79 Å². The number of benzene rings is 1. The fourth-order valence-electron chi connectivity index (χ4n) is 3.28. The van der Waals surface area contributed by atoms with Crippen LogP contribution in [-0.4, -0.2) is 17.0 Å². The van der Waals surface area contributed by atoms with Gasteiger partial charge < -0.3 is 9.84 Å². The molecule has 2 aliphatic rings. The Kier molecular flexibility index (Phi) is 3.78. The summed E-state index contributed by atoms with van der Waals surface area (Å²) in [5, 5.41) is 8.83. The molecule has 0 aliphatic heterocycles. The van der Waals surface area contributed by atoms with Crippen molar-refractivity contribution in [1.82, 2.24) is 0 Å². The average molecular weight is 286 g/mol. The predicted octanol–water partition coefficient (Wildman–Crippen LogP) is 3.43. The molecule has 2 unspecified atom stereocenters.